The first kappa shape index (κ1) is 19.7. The largest absolute Gasteiger partial charge is 0.0985 e. The van der Waals surface area contributed by atoms with E-state index >= 15 is 0 Å². The first-order valence-electron chi connectivity index (χ1n) is 10.3. The summed E-state index contributed by atoms with van der Waals surface area (Å²) in [5.41, 5.74) is 6.94. The van der Waals surface area contributed by atoms with E-state index in [1.807, 2.05) is 0 Å². The first-order chi connectivity index (χ1) is 12.2. The summed E-state index contributed by atoms with van der Waals surface area (Å²) < 4.78 is 0.941. The van der Waals surface area contributed by atoms with E-state index in [2.05, 4.69) is 91.3 Å². The lowest BCUT2D eigenvalue weighted by molar-refractivity contribution is 0.112. The Kier molecular flexibility index (Phi) is 4.91. The van der Waals surface area contributed by atoms with Gasteiger partial charge >= 0.3 is 0 Å². The zero-order valence-electron chi connectivity index (χ0n) is 16.5. The molecular formula is C24H32I2. The van der Waals surface area contributed by atoms with Crippen LogP contribution in [0.3, 0.4) is 0 Å². The molecule has 0 radical (unpaired) electrons. The Hall–Kier alpha value is 0.420. The third-order valence-corrected chi connectivity index (χ3v) is 13.9. The van der Waals surface area contributed by atoms with Crippen LogP contribution in [0.1, 0.15) is 65.7 Å². The predicted octanol–water partition coefficient (Wildman–Crippen LogP) is 7.98. The fourth-order valence-corrected chi connectivity index (χ4v) is 9.74. The standard InChI is InChI=1S/C24H32I2/c1-6-16(3)24(26)21(25)14-20-18-8-7-17-13-15(2)9-11-22(17,4)19(18)10-12-23(20,24)5/h10,13,18,20-21H,2-3,6-9,11-12,14H2,1,4-5H3/t18?,20?,21-,22+,23+,24-/m1/s1. The van der Waals surface area contributed by atoms with Crippen LogP contribution in [0.25, 0.3) is 0 Å². The summed E-state index contributed by atoms with van der Waals surface area (Å²) in [6.07, 6.45) is 13.9. The van der Waals surface area contributed by atoms with Gasteiger partial charge in [0.05, 0.1) is 3.42 Å². The number of hydrogen-bond acceptors (Lipinski definition) is 0. The summed E-state index contributed by atoms with van der Waals surface area (Å²) in [6, 6.07) is 0. The third kappa shape index (κ3) is 2.42. The van der Waals surface area contributed by atoms with Crippen LogP contribution < -0.4 is 0 Å². The van der Waals surface area contributed by atoms with Crippen LogP contribution >= 0.6 is 45.2 Å². The van der Waals surface area contributed by atoms with Gasteiger partial charge < -0.3 is 0 Å². The molecule has 4 rings (SSSR count). The molecule has 26 heavy (non-hydrogen) atoms. The van der Waals surface area contributed by atoms with Crippen molar-refractivity contribution in [1.29, 1.82) is 0 Å². The lowest BCUT2D eigenvalue weighted by Gasteiger charge is -2.55. The van der Waals surface area contributed by atoms with Crippen LogP contribution in [0.15, 0.2) is 47.6 Å². The van der Waals surface area contributed by atoms with Gasteiger partial charge in [0.25, 0.3) is 0 Å². The van der Waals surface area contributed by atoms with Crippen molar-refractivity contribution in [2.24, 2.45) is 22.7 Å². The molecule has 2 unspecified atom stereocenters. The molecule has 0 aromatic heterocycles. The second-order valence-corrected chi connectivity index (χ2v) is 12.8. The van der Waals surface area contributed by atoms with Gasteiger partial charge in [-0.2, -0.15) is 0 Å². The van der Waals surface area contributed by atoms with Crippen LogP contribution in [-0.2, 0) is 0 Å². The van der Waals surface area contributed by atoms with Crippen molar-refractivity contribution >= 4 is 45.2 Å². The van der Waals surface area contributed by atoms with Crippen molar-refractivity contribution in [2.75, 3.05) is 0 Å². The summed E-state index contributed by atoms with van der Waals surface area (Å²) in [6.45, 7) is 16.2. The highest BCUT2D eigenvalue weighted by Crippen LogP contribution is 2.70. The normalized spacial score (nSPS) is 47.4. The monoisotopic (exact) mass is 574 g/mol. The predicted molar refractivity (Wildman–Crippen MR) is 130 cm³/mol. The molecule has 0 aromatic carbocycles. The van der Waals surface area contributed by atoms with Crippen molar-refractivity contribution in [3.05, 3.63) is 47.6 Å². The zero-order valence-corrected chi connectivity index (χ0v) is 20.8. The van der Waals surface area contributed by atoms with Crippen LogP contribution in [0.4, 0.5) is 0 Å². The van der Waals surface area contributed by atoms with Crippen LogP contribution in [0.5, 0.6) is 0 Å². The number of fused-ring (bicyclic) bond motifs is 5. The molecule has 0 spiro atoms. The Balaban J connectivity index is 1.78. The van der Waals surface area contributed by atoms with E-state index in [1.165, 1.54) is 49.7 Å². The molecule has 4 aliphatic carbocycles. The van der Waals surface area contributed by atoms with Crippen molar-refractivity contribution < 1.29 is 0 Å². The second kappa shape index (κ2) is 6.47. The van der Waals surface area contributed by atoms with Gasteiger partial charge in [-0.05, 0) is 62.2 Å². The lowest BCUT2D eigenvalue weighted by atomic mass is 9.51. The van der Waals surface area contributed by atoms with Crippen LogP contribution in [0.2, 0.25) is 0 Å². The molecule has 0 bridgehead atoms. The fraction of sp³-hybridized carbons (Fsp3) is 0.667. The van der Waals surface area contributed by atoms with Gasteiger partial charge in [-0.15, -0.1) is 0 Å². The van der Waals surface area contributed by atoms with Gasteiger partial charge in [0.15, 0.2) is 0 Å². The lowest BCUT2D eigenvalue weighted by Crippen LogP contribution is -2.50. The Morgan fingerprint density at radius 3 is 2.73 bits per heavy atom. The SMILES string of the molecule is C=C1C=C2CCC3C(=CC[C@@]4(C)C3C[C@@H](I)[C@]4(I)C(=C)CC)[C@@]2(C)CC1. The second-order valence-electron chi connectivity index (χ2n) is 9.56. The van der Waals surface area contributed by atoms with Gasteiger partial charge in [0, 0.05) is 9.34 Å². The molecule has 0 N–H and O–H groups in total. The van der Waals surface area contributed by atoms with E-state index in [1.54, 1.807) is 11.1 Å². The molecule has 4 aliphatic rings. The molecule has 0 amide bonds. The van der Waals surface area contributed by atoms with Crippen molar-refractivity contribution in [3.63, 3.8) is 0 Å². The van der Waals surface area contributed by atoms with Gasteiger partial charge in [0.1, 0.15) is 0 Å². The summed E-state index contributed by atoms with van der Waals surface area (Å²) >= 11 is 5.57. The highest BCUT2D eigenvalue weighted by atomic mass is 127. The molecule has 0 nitrogen and oxygen atoms in total. The van der Waals surface area contributed by atoms with E-state index < -0.39 is 0 Å². The number of hydrogen-bond donors (Lipinski definition) is 0. The molecule has 0 saturated heterocycles. The van der Waals surface area contributed by atoms with E-state index in [0.29, 0.717) is 14.8 Å². The Morgan fingerprint density at radius 2 is 2.04 bits per heavy atom. The summed E-state index contributed by atoms with van der Waals surface area (Å²) in [5.74, 6) is 1.59. The van der Waals surface area contributed by atoms with Crippen molar-refractivity contribution in [3.8, 4) is 0 Å². The van der Waals surface area contributed by atoms with Gasteiger partial charge in [-0.3, -0.25) is 0 Å². The average molecular weight is 574 g/mol. The highest BCUT2D eigenvalue weighted by Gasteiger charge is 2.65. The number of halogens is 2. The molecule has 2 heteroatoms. The highest BCUT2D eigenvalue weighted by molar-refractivity contribution is 14.1. The maximum absolute atomic E-state index is 4.55. The number of alkyl halides is 2. The smallest absolute Gasteiger partial charge is 0.0604 e. The van der Waals surface area contributed by atoms with Gasteiger partial charge in [-0.25, -0.2) is 0 Å². The third-order valence-electron chi connectivity index (χ3n) is 8.51. The Bertz CT molecular complexity index is 728. The minimum atomic E-state index is 0.241. The maximum atomic E-state index is 4.55. The molecule has 2 fully saturated rings. The maximum Gasteiger partial charge on any atom is 0.0604 e. The number of rotatable bonds is 2. The summed E-state index contributed by atoms with van der Waals surface area (Å²) in [4.78, 5) is 0. The minimum Gasteiger partial charge on any atom is -0.0985 e. The quantitative estimate of drug-likeness (QED) is 0.178. The fourth-order valence-electron chi connectivity index (χ4n) is 6.78. The molecule has 0 aromatic rings. The molecule has 142 valence electrons. The van der Waals surface area contributed by atoms with Gasteiger partial charge in [0.2, 0.25) is 0 Å². The van der Waals surface area contributed by atoms with Crippen LogP contribution in [0, 0.1) is 22.7 Å². The van der Waals surface area contributed by atoms with E-state index in [9.17, 15) is 0 Å². The molecule has 0 aliphatic heterocycles. The summed E-state index contributed by atoms with van der Waals surface area (Å²) in [5, 5.41) is 0. The Morgan fingerprint density at radius 1 is 1.31 bits per heavy atom. The molecule has 6 atom stereocenters. The van der Waals surface area contributed by atoms with Crippen LogP contribution in [-0.4, -0.2) is 7.35 Å². The Labute approximate surface area is 187 Å². The average Bonchev–Trinajstić information content (AvgIpc) is 2.83. The van der Waals surface area contributed by atoms with E-state index in [-0.39, 0.29) is 3.42 Å². The molecule has 2 saturated carbocycles. The first-order valence-corrected chi connectivity index (χ1v) is 12.6. The minimum absolute atomic E-state index is 0.241. The number of allylic oxidation sites excluding steroid dienone is 6. The molecular weight excluding hydrogens is 542 g/mol. The van der Waals surface area contributed by atoms with E-state index in [0.717, 1.165) is 18.3 Å². The topological polar surface area (TPSA) is 0 Å². The zero-order chi connectivity index (χ0) is 18.9. The van der Waals surface area contributed by atoms with E-state index in [4.69, 9.17) is 0 Å². The van der Waals surface area contributed by atoms with Gasteiger partial charge in [-0.1, -0.05) is 114 Å². The summed E-state index contributed by atoms with van der Waals surface area (Å²) in [7, 11) is 0. The van der Waals surface area contributed by atoms with Crippen molar-refractivity contribution in [2.45, 2.75) is 73.1 Å². The molecule has 0 heterocycles. The van der Waals surface area contributed by atoms with Crippen molar-refractivity contribution in [1.82, 2.24) is 0 Å².